The molecule has 0 radical (unpaired) electrons. The number of ether oxygens (including phenoxy) is 3. The van der Waals surface area contributed by atoms with Crippen LogP contribution in [0.3, 0.4) is 0 Å². The van der Waals surface area contributed by atoms with Crippen LogP contribution in [0.15, 0.2) is 65.5 Å². The number of esters is 2. The van der Waals surface area contributed by atoms with Crippen molar-refractivity contribution in [3.05, 3.63) is 93.7 Å². The Kier molecular flexibility index (Phi) is 8.88. The Labute approximate surface area is 226 Å². The highest BCUT2D eigenvalue weighted by molar-refractivity contribution is 5.95. The molecule has 204 valence electrons. The van der Waals surface area contributed by atoms with Crippen molar-refractivity contribution in [2.75, 3.05) is 20.3 Å². The standard InChI is InChI=1S/C29H31N3O7/c1-4-5-16-38-21-17-22(32(18-21)26(33)19-12-8-6-9-13-19)25-30-23(29(36)37-3)24(27(34)31(25)2)39-28(35)20-14-10-7-11-15-20/h6-15,21-22H,4-5,16-18H2,1-3H3/t21-,22+/m1/s1. The normalized spacial score (nSPS) is 16.6. The van der Waals surface area contributed by atoms with Crippen LogP contribution in [0, 0.1) is 0 Å². The summed E-state index contributed by atoms with van der Waals surface area (Å²) in [5.74, 6) is -2.41. The first-order valence-electron chi connectivity index (χ1n) is 12.8. The van der Waals surface area contributed by atoms with Gasteiger partial charge in [0.2, 0.25) is 5.75 Å². The molecule has 0 N–H and O–H groups in total. The third-order valence-corrected chi connectivity index (χ3v) is 6.56. The second kappa shape index (κ2) is 12.5. The summed E-state index contributed by atoms with van der Waals surface area (Å²) in [7, 11) is 2.60. The Morgan fingerprint density at radius 3 is 2.23 bits per heavy atom. The second-order valence-corrected chi connectivity index (χ2v) is 9.18. The Balaban J connectivity index is 1.75. The van der Waals surface area contributed by atoms with Crippen LogP contribution in [-0.4, -0.2) is 58.7 Å². The monoisotopic (exact) mass is 533 g/mol. The van der Waals surface area contributed by atoms with Gasteiger partial charge in [-0.05, 0) is 30.7 Å². The minimum absolute atomic E-state index is 0.158. The molecule has 10 heteroatoms. The lowest BCUT2D eigenvalue weighted by molar-refractivity contribution is 0.0519. The minimum atomic E-state index is -0.945. The average Bonchev–Trinajstić information content (AvgIpc) is 3.39. The molecule has 1 aliphatic rings. The highest BCUT2D eigenvalue weighted by Crippen LogP contribution is 2.34. The number of unbranched alkanes of at least 4 members (excludes halogenated alkanes) is 1. The lowest BCUT2D eigenvalue weighted by atomic mass is 10.1. The number of hydrogen-bond acceptors (Lipinski definition) is 8. The van der Waals surface area contributed by atoms with Gasteiger partial charge in [0.25, 0.3) is 11.5 Å². The Bertz CT molecular complexity index is 1390. The number of nitrogens with zero attached hydrogens (tertiary/aromatic N) is 3. The topological polar surface area (TPSA) is 117 Å². The molecule has 39 heavy (non-hydrogen) atoms. The van der Waals surface area contributed by atoms with Crippen LogP contribution in [0.2, 0.25) is 0 Å². The van der Waals surface area contributed by atoms with Gasteiger partial charge in [-0.3, -0.25) is 14.2 Å². The molecular weight excluding hydrogens is 502 g/mol. The van der Waals surface area contributed by atoms with Crippen molar-refractivity contribution in [2.24, 2.45) is 7.05 Å². The van der Waals surface area contributed by atoms with E-state index < -0.39 is 35.0 Å². The van der Waals surface area contributed by atoms with Gasteiger partial charge in [-0.15, -0.1) is 0 Å². The predicted molar refractivity (Wildman–Crippen MR) is 142 cm³/mol. The zero-order valence-corrected chi connectivity index (χ0v) is 22.2. The number of carbonyl (C=O) groups is 3. The maximum absolute atomic E-state index is 13.5. The number of amides is 1. The van der Waals surface area contributed by atoms with Gasteiger partial charge >= 0.3 is 11.9 Å². The van der Waals surface area contributed by atoms with Gasteiger partial charge in [0.1, 0.15) is 5.82 Å². The van der Waals surface area contributed by atoms with E-state index in [9.17, 15) is 19.2 Å². The van der Waals surface area contributed by atoms with E-state index in [0.29, 0.717) is 18.6 Å². The first kappa shape index (κ1) is 27.7. The van der Waals surface area contributed by atoms with Crippen LogP contribution in [0.5, 0.6) is 5.75 Å². The smallest absolute Gasteiger partial charge is 0.360 e. The van der Waals surface area contributed by atoms with Crippen molar-refractivity contribution in [2.45, 2.75) is 38.3 Å². The van der Waals surface area contributed by atoms with Crippen LogP contribution in [-0.2, 0) is 16.5 Å². The number of carbonyl (C=O) groups excluding carboxylic acids is 3. The van der Waals surface area contributed by atoms with Gasteiger partial charge in [0.05, 0.1) is 24.8 Å². The molecule has 10 nitrogen and oxygen atoms in total. The molecule has 0 spiro atoms. The molecule has 0 unspecified atom stereocenters. The Hall–Kier alpha value is -4.31. The maximum Gasteiger partial charge on any atom is 0.360 e. The first-order valence-corrected chi connectivity index (χ1v) is 12.8. The third-order valence-electron chi connectivity index (χ3n) is 6.56. The molecule has 1 aromatic heterocycles. The molecule has 2 aromatic carbocycles. The van der Waals surface area contributed by atoms with Crippen molar-refractivity contribution in [1.29, 1.82) is 0 Å². The van der Waals surface area contributed by atoms with E-state index in [-0.39, 0.29) is 29.9 Å². The van der Waals surface area contributed by atoms with Crippen LogP contribution in [0.25, 0.3) is 0 Å². The van der Waals surface area contributed by atoms with Crippen LogP contribution < -0.4 is 10.3 Å². The van der Waals surface area contributed by atoms with Crippen molar-refractivity contribution >= 4 is 17.8 Å². The minimum Gasteiger partial charge on any atom is -0.464 e. The zero-order chi connectivity index (χ0) is 27.9. The van der Waals surface area contributed by atoms with E-state index in [1.807, 2.05) is 6.07 Å². The molecule has 0 bridgehead atoms. The van der Waals surface area contributed by atoms with Crippen LogP contribution in [0.1, 0.15) is 69.3 Å². The SMILES string of the molecule is CCCCO[C@@H]1C[C@@H](c2nc(C(=O)OC)c(OC(=O)c3ccccc3)c(=O)n2C)N(C(=O)c2ccccc2)C1. The van der Waals surface area contributed by atoms with E-state index in [1.54, 1.807) is 47.4 Å². The summed E-state index contributed by atoms with van der Waals surface area (Å²) >= 11 is 0. The zero-order valence-electron chi connectivity index (χ0n) is 22.2. The maximum atomic E-state index is 13.5. The highest BCUT2D eigenvalue weighted by Gasteiger charge is 2.40. The van der Waals surface area contributed by atoms with Crippen LogP contribution >= 0.6 is 0 Å². The lowest BCUT2D eigenvalue weighted by Crippen LogP contribution is -2.37. The quantitative estimate of drug-likeness (QED) is 0.303. The van der Waals surface area contributed by atoms with Crippen molar-refractivity contribution in [3.8, 4) is 5.75 Å². The molecular formula is C29H31N3O7. The number of hydrogen-bond donors (Lipinski definition) is 0. The van der Waals surface area contributed by atoms with E-state index >= 15 is 0 Å². The van der Waals surface area contributed by atoms with E-state index in [2.05, 4.69) is 11.9 Å². The summed E-state index contributed by atoms with van der Waals surface area (Å²) in [4.78, 5) is 58.5. The van der Waals surface area contributed by atoms with Gasteiger partial charge < -0.3 is 19.1 Å². The molecule has 1 saturated heterocycles. The summed E-state index contributed by atoms with van der Waals surface area (Å²) < 4.78 is 17.5. The molecule has 0 saturated carbocycles. The van der Waals surface area contributed by atoms with Crippen molar-refractivity contribution in [3.63, 3.8) is 0 Å². The summed E-state index contributed by atoms with van der Waals surface area (Å²) in [6.45, 7) is 2.89. The second-order valence-electron chi connectivity index (χ2n) is 9.18. The van der Waals surface area contributed by atoms with Gasteiger partial charge in [0.15, 0.2) is 5.69 Å². The molecule has 2 atom stereocenters. The number of likely N-dealkylation sites (tertiary alicyclic amines) is 1. The molecule has 3 aromatic rings. The van der Waals surface area contributed by atoms with Gasteiger partial charge in [-0.25, -0.2) is 14.6 Å². The average molecular weight is 534 g/mol. The van der Waals surface area contributed by atoms with Crippen molar-refractivity contribution in [1.82, 2.24) is 14.5 Å². The third kappa shape index (κ3) is 6.06. The fraction of sp³-hybridized carbons (Fsp3) is 0.345. The summed E-state index contributed by atoms with van der Waals surface area (Å²) in [6.07, 6.45) is 1.92. The molecule has 1 fully saturated rings. The molecule has 4 rings (SSSR count). The number of benzene rings is 2. The largest absolute Gasteiger partial charge is 0.464 e. The fourth-order valence-electron chi connectivity index (χ4n) is 4.48. The van der Waals surface area contributed by atoms with Gasteiger partial charge in [0, 0.05) is 32.2 Å². The highest BCUT2D eigenvalue weighted by atomic mass is 16.5. The van der Waals surface area contributed by atoms with E-state index in [0.717, 1.165) is 20.0 Å². The van der Waals surface area contributed by atoms with Gasteiger partial charge in [-0.1, -0.05) is 49.7 Å². The predicted octanol–water partition coefficient (Wildman–Crippen LogP) is 3.56. The fourth-order valence-corrected chi connectivity index (χ4v) is 4.48. The number of rotatable bonds is 9. The summed E-state index contributed by atoms with van der Waals surface area (Å²) in [6, 6.07) is 16.2. The van der Waals surface area contributed by atoms with E-state index in [4.69, 9.17) is 14.2 Å². The molecule has 1 aliphatic heterocycles. The number of methoxy groups -OCH3 is 1. The summed E-state index contributed by atoms with van der Waals surface area (Å²) in [5, 5.41) is 0. The summed E-state index contributed by atoms with van der Waals surface area (Å²) in [5.41, 5.74) is -0.528. The molecule has 2 heterocycles. The Morgan fingerprint density at radius 2 is 1.62 bits per heavy atom. The van der Waals surface area contributed by atoms with E-state index in [1.165, 1.54) is 23.7 Å². The first-order chi connectivity index (χ1) is 18.8. The Morgan fingerprint density at radius 1 is 0.974 bits per heavy atom. The molecule has 0 aliphatic carbocycles. The number of aromatic nitrogens is 2. The molecule has 1 amide bonds. The van der Waals surface area contributed by atoms with Gasteiger partial charge in [-0.2, -0.15) is 0 Å². The lowest BCUT2D eigenvalue weighted by Gasteiger charge is -2.26. The van der Waals surface area contributed by atoms with Crippen molar-refractivity contribution < 1.29 is 28.6 Å². The van der Waals surface area contributed by atoms with Crippen LogP contribution in [0.4, 0.5) is 0 Å².